The van der Waals surface area contributed by atoms with Crippen LogP contribution >= 0.6 is 0 Å². The molecule has 1 atom stereocenters. The lowest BCUT2D eigenvalue weighted by Crippen LogP contribution is -2.29. The highest BCUT2D eigenvalue weighted by atomic mass is 16.1. The third kappa shape index (κ3) is 8.49. The van der Waals surface area contributed by atoms with Crippen LogP contribution in [-0.4, -0.2) is 11.8 Å². The normalized spacial score (nSPS) is 12.1. The minimum atomic E-state index is -0.440. The van der Waals surface area contributed by atoms with Crippen molar-refractivity contribution >= 4 is 5.78 Å². The van der Waals surface area contributed by atoms with Gasteiger partial charge < -0.3 is 5.73 Å². The molecule has 2 heteroatoms. The highest BCUT2D eigenvalue weighted by Gasteiger charge is 2.10. The van der Waals surface area contributed by atoms with Crippen LogP contribution in [0.15, 0.2) is 0 Å². The maximum absolute atomic E-state index is 11.4. The fourth-order valence-corrected chi connectivity index (χ4v) is 1.68. The summed E-state index contributed by atoms with van der Waals surface area (Å²) in [4.78, 5) is 11.4. The van der Waals surface area contributed by atoms with Crippen molar-refractivity contribution in [3.05, 3.63) is 0 Å². The van der Waals surface area contributed by atoms with Crippen molar-refractivity contribution in [1.82, 2.24) is 0 Å². The van der Waals surface area contributed by atoms with Crippen molar-refractivity contribution in [1.29, 1.82) is 0 Å². The largest absolute Gasteiger partial charge is 0.321 e. The molecule has 2 N–H and O–H groups in total. The second-order valence-electron chi connectivity index (χ2n) is 4.35. The van der Waals surface area contributed by atoms with Gasteiger partial charge in [0.05, 0.1) is 6.04 Å². The van der Waals surface area contributed by atoms with E-state index in [4.69, 9.17) is 12.2 Å². The van der Waals surface area contributed by atoms with Gasteiger partial charge in [-0.05, 0) is 6.42 Å². The maximum atomic E-state index is 11.4. The highest BCUT2D eigenvalue weighted by Crippen LogP contribution is 2.09. The fourth-order valence-electron chi connectivity index (χ4n) is 1.68. The number of hydrogen-bond donors (Lipinski definition) is 1. The summed E-state index contributed by atoms with van der Waals surface area (Å²) < 4.78 is 0. The Bertz CT molecular complexity index is 217. The first-order chi connectivity index (χ1) is 7.72. The van der Waals surface area contributed by atoms with Gasteiger partial charge in [-0.1, -0.05) is 45.4 Å². The number of carbonyl (C=O) groups excluding carboxylic acids is 1. The molecule has 0 aromatic rings. The van der Waals surface area contributed by atoms with Gasteiger partial charge in [-0.15, -0.1) is 12.3 Å². The molecule has 0 aromatic carbocycles. The molecule has 0 radical (unpaired) electrons. The zero-order valence-electron chi connectivity index (χ0n) is 10.5. The van der Waals surface area contributed by atoms with Crippen molar-refractivity contribution in [2.45, 2.75) is 70.8 Å². The molecular formula is C14H25NO. The number of terminal acetylenes is 1. The predicted molar refractivity (Wildman–Crippen MR) is 69.0 cm³/mol. The van der Waals surface area contributed by atoms with Crippen LogP contribution in [0.25, 0.3) is 0 Å². The smallest absolute Gasteiger partial charge is 0.150 e. The van der Waals surface area contributed by atoms with E-state index in [1.54, 1.807) is 0 Å². The van der Waals surface area contributed by atoms with Crippen molar-refractivity contribution in [2.24, 2.45) is 5.73 Å². The monoisotopic (exact) mass is 223 g/mol. The molecular weight excluding hydrogens is 198 g/mol. The Hall–Kier alpha value is -0.810. The van der Waals surface area contributed by atoms with E-state index < -0.39 is 6.04 Å². The minimum Gasteiger partial charge on any atom is -0.321 e. The van der Waals surface area contributed by atoms with Gasteiger partial charge in [0.15, 0.2) is 5.78 Å². The van der Waals surface area contributed by atoms with Gasteiger partial charge >= 0.3 is 0 Å². The van der Waals surface area contributed by atoms with Crippen molar-refractivity contribution in [3.8, 4) is 12.3 Å². The number of Topliss-reactive ketones (excluding diaryl/α,β-unsaturated/α-hetero) is 1. The van der Waals surface area contributed by atoms with E-state index in [9.17, 15) is 4.79 Å². The van der Waals surface area contributed by atoms with Crippen LogP contribution in [0.4, 0.5) is 0 Å². The zero-order valence-corrected chi connectivity index (χ0v) is 10.5. The van der Waals surface area contributed by atoms with E-state index in [0.29, 0.717) is 12.8 Å². The Kier molecular flexibility index (Phi) is 10.2. The molecule has 0 bridgehead atoms. The lowest BCUT2D eigenvalue weighted by atomic mass is 10.0. The van der Waals surface area contributed by atoms with Crippen LogP contribution in [0.2, 0.25) is 0 Å². The molecule has 16 heavy (non-hydrogen) atoms. The molecule has 1 unspecified atom stereocenters. The third-order valence-corrected chi connectivity index (χ3v) is 2.78. The van der Waals surface area contributed by atoms with Gasteiger partial charge in [0.1, 0.15) is 0 Å². The molecule has 0 amide bonds. The Morgan fingerprint density at radius 1 is 1.19 bits per heavy atom. The first kappa shape index (κ1) is 15.2. The molecule has 0 saturated carbocycles. The number of unbranched alkanes of at least 4 members (excludes halogenated alkanes) is 6. The van der Waals surface area contributed by atoms with Crippen LogP contribution in [0.3, 0.4) is 0 Å². The second kappa shape index (κ2) is 10.7. The highest BCUT2D eigenvalue weighted by molar-refractivity contribution is 5.83. The van der Waals surface area contributed by atoms with Gasteiger partial charge in [-0.3, -0.25) is 4.79 Å². The average molecular weight is 223 g/mol. The second-order valence-corrected chi connectivity index (χ2v) is 4.35. The Balaban J connectivity index is 3.31. The summed E-state index contributed by atoms with van der Waals surface area (Å²) in [6, 6.07) is -0.440. The van der Waals surface area contributed by atoms with Gasteiger partial charge in [-0.25, -0.2) is 0 Å². The number of hydrogen-bond acceptors (Lipinski definition) is 2. The molecule has 0 aliphatic rings. The first-order valence-corrected chi connectivity index (χ1v) is 6.44. The molecule has 0 rings (SSSR count). The third-order valence-electron chi connectivity index (χ3n) is 2.78. The molecule has 0 spiro atoms. The van der Waals surface area contributed by atoms with E-state index in [1.807, 2.05) is 0 Å². The van der Waals surface area contributed by atoms with Crippen LogP contribution in [0.1, 0.15) is 64.7 Å². The van der Waals surface area contributed by atoms with Gasteiger partial charge in [0, 0.05) is 12.8 Å². The standard InChI is InChI=1S/C14H25NO/c1-3-5-6-7-8-9-10-12-14(16)13(15)11-4-2/h2,13H,3,5-12,15H2,1H3. The van der Waals surface area contributed by atoms with E-state index >= 15 is 0 Å². The quantitative estimate of drug-likeness (QED) is 0.457. The van der Waals surface area contributed by atoms with Gasteiger partial charge in [-0.2, -0.15) is 0 Å². The summed E-state index contributed by atoms with van der Waals surface area (Å²) in [5.41, 5.74) is 5.62. The van der Waals surface area contributed by atoms with Crippen LogP contribution in [0.5, 0.6) is 0 Å². The predicted octanol–water partition coefficient (Wildman–Crippen LogP) is 3.05. The summed E-state index contributed by atoms with van der Waals surface area (Å²) in [5.74, 6) is 2.54. The van der Waals surface area contributed by atoms with Crippen LogP contribution in [-0.2, 0) is 4.79 Å². The Morgan fingerprint density at radius 3 is 2.31 bits per heavy atom. The Morgan fingerprint density at radius 2 is 1.75 bits per heavy atom. The summed E-state index contributed by atoms with van der Waals surface area (Å²) in [6.45, 7) is 2.21. The molecule has 0 fully saturated rings. The molecule has 0 saturated heterocycles. The number of nitrogens with two attached hydrogens (primary N) is 1. The van der Waals surface area contributed by atoms with Crippen LogP contribution < -0.4 is 5.73 Å². The van der Waals surface area contributed by atoms with Crippen molar-refractivity contribution < 1.29 is 4.79 Å². The fraction of sp³-hybridized carbons (Fsp3) is 0.786. The number of rotatable bonds is 10. The molecule has 0 heterocycles. The van der Waals surface area contributed by atoms with Crippen molar-refractivity contribution in [2.75, 3.05) is 0 Å². The molecule has 0 aliphatic heterocycles. The summed E-state index contributed by atoms with van der Waals surface area (Å²) in [6.07, 6.45) is 14.6. The molecule has 2 nitrogen and oxygen atoms in total. The van der Waals surface area contributed by atoms with Gasteiger partial charge in [0.2, 0.25) is 0 Å². The van der Waals surface area contributed by atoms with E-state index in [0.717, 1.165) is 12.8 Å². The minimum absolute atomic E-state index is 0.117. The number of carbonyl (C=O) groups is 1. The maximum Gasteiger partial charge on any atom is 0.150 e. The van der Waals surface area contributed by atoms with E-state index in [1.165, 1.54) is 32.1 Å². The van der Waals surface area contributed by atoms with E-state index in [-0.39, 0.29) is 5.78 Å². The summed E-state index contributed by atoms with van der Waals surface area (Å²) in [7, 11) is 0. The van der Waals surface area contributed by atoms with Gasteiger partial charge in [0.25, 0.3) is 0 Å². The SMILES string of the molecule is C#CCC(N)C(=O)CCCCCCCCC. The van der Waals surface area contributed by atoms with Crippen molar-refractivity contribution in [3.63, 3.8) is 0 Å². The molecule has 0 aliphatic carbocycles. The molecule has 0 aromatic heterocycles. The first-order valence-electron chi connectivity index (χ1n) is 6.44. The lowest BCUT2D eigenvalue weighted by Gasteiger charge is -2.06. The average Bonchev–Trinajstić information content (AvgIpc) is 2.28. The van der Waals surface area contributed by atoms with E-state index in [2.05, 4.69) is 12.8 Å². The lowest BCUT2D eigenvalue weighted by molar-refractivity contribution is -0.120. The van der Waals surface area contributed by atoms with Crippen LogP contribution in [0, 0.1) is 12.3 Å². The summed E-state index contributed by atoms with van der Waals surface area (Å²) in [5, 5.41) is 0. The number of ketones is 1. The zero-order chi connectivity index (χ0) is 12.2. The summed E-state index contributed by atoms with van der Waals surface area (Å²) >= 11 is 0. The molecule has 92 valence electrons. The Labute approximate surface area is 100.0 Å². The topological polar surface area (TPSA) is 43.1 Å².